The van der Waals surface area contributed by atoms with Gasteiger partial charge >= 0.3 is 46.1 Å². The van der Waals surface area contributed by atoms with Crippen LogP contribution in [0.25, 0.3) is 44.8 Å². The molecule has 0 atom stereocenters. The fraction of sp³-hybridized carbons (Fsp3) is 0.0233. The second-order valence-corrected chi connectivity index (χ2v) is 13.4. The molecule has 0 N–H and O–H groups in total. The van der Waals surface area contributed by atoms with Crippen LogP contribution in [0.5, 0.6) is 0 Å². The molecule has 0 amide bonds. The zero-order valence-corrected chi connectivity index (χ0v) is 39.6. The molecule has 0 spiro atoms. The van der Waals surface area contributed by atoms with Crippen molar-refractivity contribution in [3.63, 3.8) is 0 Å². The molecule has 0 saturated carbocycles. The third-order valence-electron chi connectivity index (χ3n) is 7.11. The van der Waals surface area contributed by atoms with Crippen molar-refractivity contribution in [1.82, 2.24) is 29.9 Å². The second kappa shape index (κ2) is 28.7. The van der Waals surface area contributed by atoms with Gasteiger partial charge in [0.1, 0.15) is 0 Å². The van der Waals surface area contributed by atoms with Gasteiger partial charge in [-0.05, 0) is 98.5 Å². The molecule has 0 fully saturated rings. The van der Waals surface area contributed by atoms with Gasteiger partial charge in [0.15, 0.2) is 5.82 Å². The van der Waals surface area contributed by atoms with Crippen LogP contribution < -0.4 is 17.0 Å². The molecule has 0 aliphatic carbocycles. The molecule has 2 aromatic heterocycles. The van der Waals surface area contributed by atoms with Crippen molar-refractivity contribution < 1.29 is 19.8 Å². The number of nitrogens with zero attached hydrogens (tertiary/aromatic N) is 6. The molecule has 0 unspecified atom stereocenters. The van der Waals surface area contributed by atoms with Gasteiger partial charge in [-0.15, -0.1) is 5.56 Å². The summed E-state index contributed by atoms with van der Waals surface area (Å²) in [5.41, 5.74) is 8.01. The fourth-order valence-corrected chi connectivity index (χ4v) is 6.10. The number of hydrogen-bond donors (Lipinski definition) is 0. The number of halogens is 7. The minimum Gasteiger partial charge on any atom is -1.00 e. The molecule has 15 heteroatoms. The molecule has 8 aromatic rings. The summed E-state index contributed by atoms with van der Waals surface area (Å²) in [7, 11) is 0. The maximum atomic E-state index is 5.81. The van der Waals surface area contributed by atoms with Crippen molar-refractivity contribution in [2.45, 2.75) is 7.43 Å². The summed E-state index contributed by atoms with van der Waals surface area (Å²) in [5.74, 6) is 0.466. The molecule has 6 aromatic carbocycles. The molecule has 0 aliphatic heterocycles. The minimum absolute atomic E-state index is 0. The van der Waals surface area contributed by atoms with Gasteiger partial charge in [0.05, 0.1) is 0 Å². The van der Waals surface area contributed by atoms with E-state index in [1.165, 1.54) is 22.3 Å². The average Bonchev–Trinajstić information content (AvgIpc) is 3.19. The Kier molecular flexibility index (Phi) is 26.4. The van der Waals surface area contributed by atoms with E-state index in [0.29, 0.717) is 5.82 Å². The molecular weight excluding hydrogens is 986 g/mol. The predicted molar refractivity (Wildman–Crippen MR) is 246 cm³/mol. The molecule has 0 radical (unpaired) electrons. The molecule has 58 heavy (non-hydrogen) atoms. The van der Waals surface area contributed by atoms with Crippen LogP contribution in [0, 0.1) is 6.07 Å². The van der Waals surface area contributed by atoms with Gasteiger partial charge in [0, 0.05) is 10.0 Å². The van der Waals surface area contributed by atoms with E-state index in [2.05, 4.69) is 106 Å². The number of benzene rings is 6. The van der Waals surface area contributed by atoms with E-state index in [1.54, 1.807) is 0 Å². The molecule has 8 rings (SSSR count). The quantitative estimate of drug-likeness (QED) is 0.129. The molecule has 0 saturated heterocycles. The van der Waals surface area contributed by atoms with Crippen molar-refractivity contribution in [2.75, 3.05) is 0 Å². The van der Waals surface area contributed by atoms with Gasteiger partial charge in [0.25, 0.3) is 0 Å². The maximum absolute atomic E-state index is 5.81. The predicted octanol–water partition coefficient (Wildman–Crippen LogP) is 10.7. The first-order valence-corrected chi connectivity index (χ1v) is 18.7. The summed E-state index contributed by atoms with van der Waals surface area (Å²) in [6.45, 7) is 0. The van der Waals surface area contributed by atoms with Gasteiger partial charge in [0.2, 0.25) is 26.4 Å². The van der Waals surface area contributed by atoms with Crippen molar-refractivity contribution in [2.24, 2.45) is 0 Å². The van der Waals surface area contributed by atoms with E-state index in [-0.39, 0.29) is 99.8 Å². The van der Waals surface area contributed by atoms with Gasteiger partial charge < -0.3 is 19.8 Å². The van der Waals surface area contributed by atoms with E-state index in [0.717, 1.165) is 21.2 Å². The van der Waals surface area contributed by atoms with Gasteiger partial charge in [-0.2, -0.15) is 60.2 Å². The Balaban J connectivity index is 0. The van der Waals surface area contributed by atoms with Crippen molar-refractivity contribution in [3.8, 4) is 44.8 Å². The largest absolute Gasteiger partial charge is 2.00 e. The summed E-state index contributed by atoms with van der Waals surface area (Å²) in [5, 5.41) is 0.176. The van der Waals surface area contributed by atoms with Crippen LogP contribution in [0.1, 0.15) is 10.3 Å². The molecule has 0 aliphatic rings. The Morgan fingerprint density at radius 2 is 0.741 bits per heavy atom. The molecule has 0 bridgehead atoms. The van der Waals surface area contributed by atoms with E-state index in [1.807, 2.05) is 109 Å². The summed E-state index contributed by atoms with van der Waals surface area (Å²) in [4.78, 5) is 22.3. The number of hydrogen-bond acceptors (Lipinski definition) is 6. The van der Waals surface area contributed by atoms with Gasteiger partial charge in [-0.1, -0.05) is 150 Å². The summed E-state index contributed by atoms with van der Waals surface area (Å²) in [6.07, 6.45) is 0. The normalized spacial score (nSPS) is 9.34. The van der Waals surface area contributed by atoms with Crippen LogP contribution >= 0.6 is 73.9 Å². The Morgan fingerprint density at radius 3 is 1.16 bits per heavy atom. The standard InChI is InChI=1S/C15H9Cl2N3.C12H9Br.C12H9.C3Cl3N3.CH4.BrH.2Mg.2H/c16-14-18-13(19-15(17)20-14)12-8-4-7-11(9-12)10-5-2-1-3-6-10;13-12-8-4-7-11(9-12)10-5-2-1-3-6-10;1-3-7-11(8-4-1)12-9-5-2-6-10-12;4-1-7-2(5)9-3(6)8-1;;;;;;/h1-9H;1-9H;1-5,7-10H;;1H4;1H;;;;/q;;-1;;;;2*+2;2*-1/p-1. The summed E-state index contributed by atoms with van der Waals surface area (Å²) in [6, 6.07) is 58.0. The monoisotopic (exact) mass is 1010 g/mol. The molecular formula is C43H33Br2Cl5Mg2N6. The second-order valence-electron chi connectivity index (χ2n) is 10.8. The Labute approximate surface area is 418 Å². The fourth-order valence-electron chi connectivity index (χ4n) is 4.73. The average molecular weight is 1020 g/mol. The third-order valence-corrected chi connectivity index (χ3v) is 8.45. The molecule has 288 valence electrons. The van der Waals surface area contributed by atoms with Crippen LogP contribution in [0.4, 0.5) is 0 Å². The van der Waals surface area contributed by atoms with Gasteiger partial charge in [-0.25, -0.2) is 0 Å². The minimum atomic E-state index is 0. The third kappa shape index (κ3) is 18.3. The van der Waals surface area contributed by atoms with Crippen molar-refractivity contribution >= 4 is 120 Å². The maximum Gasteiger partial charge on any atom is 2.00 e. The van der Waals surface area contributed by atoms with Crippen LogP contribution in [0.3, 0.4) is 0 Å². The van der Waals surface area contributed by atoms with E-state index >= 15 is 0 Å². The first kappa shape index (κ1) is 53.3. The van der Waals surface area contributed by atoms with Crippen molar-refractivity contribution in [1.29, 1.82) is 0 Å². The number of aromatic nitrogens is 6. The summed E-state index contributed by atoms with van der Waals surface area (Å²) < 4.78 is 1.12. The van der Waals surface area contributed by atoms with E-state index in [4.69, 9.17) is 58.0 Å². The van der Waals surface area contributed by atoms with Crippen LogP contribution in [0.2, 0.25) is 26.4 Å². The number of rotatable bonds is 4. The van der Waals surface area contributed by atoms with Crippen LogP contribution in [-0.2, 0) is 0 Å². The Morgan fingerprint density at radius 1 is 0.397 bits per heavy atom. The van der Waals surface area contributed by atoms with Crippen LogP contribution in [-0.4, -0.2) is 76.0 Å². The Bertz CT molecular complexity index is 2280. The van der Waals surface area contributed by atoms with Gasteiger partial charge in [-0.3, -0.25) is 0 Å². The Hall–Kier alpha value is -2.72. The van der Waals surface area contributed by atoms with E-state index in [9.17, 15) is 0 Å². The first-order chi connectivity index (χ1) is 26.2. The van der Waals surface area contributed by atoms with Crippen LogP contribution in [0.15, 0.2) is 168 Å². The smallest absolute Gasteiger partial charge is 1.00 e. The summed E-state index contributed by atoms with van der Waals surface area (Å²) >= 11 is 31.0. The first-order valence-electron chi connectivity index (χ1n) is 16.0. The SMILES string of the molecule is Brc1cccc(-c2ccccc2)c1.C.Clc1nc(Cl)nc(-c2cccc(-c3ccccc3)c2)n1.Clc1nc(Cl)nc(Cl)n1.[Br-].[H-].[H-].[Mg+2].[Mg+2].[c-]1cccc(-c2ccccc2)c1. The van der Waals surface area contributed by atoms with Crippen molar-refractivity contribution in [3.05, 3.63) is 201 Å². The molecule has 2 heterocycles. The molecule has 6 nitrogen and oxygen atoms in total. The van der Waals surface area contributed by atoms with E-state index < -0.39 is 0 Å². The zero-order chi connectivity index (χ0) is 38.1. The topological polar surface area (TPSA) is 77.3 Å². The zero-order valence-electron chi connectivity index (χ0n) is 31.8.